The van der Waals surface area contributed by atoms with Crippen molar-refractivity contribution in [3.8, 4) is 0 Å². The minimum atomic E-state index is 0.00755. The van der Waals surface area contributed by atoms with E-state index in [4.69, 9.17) is 11.6 Å². The Balaban J connectivity index is 1.34. The molecule has 0 saturated carbocycles. The van der Waals surface area contributed by atoms with E-state index < -0.39 is 0 Å². The number of halogens is 1. The Morgan fingerprint density at radius 1 is 0.960 bits per heavy atom. The van der Waals surface area contributed by atoms with Crippen LogP contribution in [0.3, 0.4) is 0 Å². The van der Waals surface area contributed by atoms with Gasteiger partial charge in [-0.15, -0.1) is 0 Å². The number of amides is 1. The van der Waals surface area contributed by atoms with Crippen LogP contribution in [0.4, 0.5) is 5.69 Å². The highest BCUT2D eigenvalue weighted by Crippen LogP contribution is 2.19. The van der Waals surface area contributed by atoms with Crippen LogP contribution in [-0.2, 0) is 0 Å². The van der Waals surface area contributed by atoms with Gasteiger partial charge in [-0.05, 0) is 49.4 Å². The third kappa shape index (κ3) is 5.21. The molecule has 4 nitrogen and oxygen atoms in total. The summed E-state index contributed by atoms with van der Waals surface area (Å²) in [6, 6.07) is 17.4. The topological polar surface area (TPSA) is 35.6 Å². The lowest BCUT2D eigenvalue weighted by Gasteiger charge is -2.36. The van der Waals surface area contributed by atoms with Crippen LogP contribution >= 0.6 is 11.6 Å². The van der Waals surface area contributed by atoms with Crippen molar-refractivity contribution in [2.45, 2.75) is 6.42 Å². The number of carbonyl (C=O) groups is 1. The van der Waals surface area contributed by atoms with E-state index >= 15 is 0 Å². The van der Waals surface area contributed by atoms with Crippen LogP contribution in [0.15, 0.2) is 54.6 Å². The van der Waals surface area contributed by atoms with Gasteiger partial charge in [-0.2, -0.15) is 0 Å². The first-order valence-electron chi connectivity index (χ1n) is 8.78. The number of hydrogen-bond donors (Lipinski definition) is 1. The third-order valence-corrected chi connectivity index (χ3v) is 4.79. The van der Waals surface area contributed by atoms with Gasteiger partial charge in [0, 0.05) is 49.0 Å². The second-order valence-electron chi connectivity index (χ2n) is 6.28. The van der Waals surface area contributed by atoms with Crippen molar-refractivity contribution in [3.63, 3.8) is 0 Å². The molecule has 1 N–H and O–H groups in total. The lowest BCUT2D eigenvalue weighted by molar-refractivity contribution is 0.0951. The van der Waals surface area contributed by atoms with Crippen molar-refractivity contribution in [3.05, 3.63) is 65.2 Å². The van der Waals surface area contributed by atoms with Gasteiger partial charge in [0.2, 0.25) is 0 Å². The molecular weight excluding hydrogens is 334 g/mol. The molecule has 3 rings (SSSR count). The fourth-order valence-electron chi connectivity index (χ4n) is 3.08. The number of piperazine rings is 1. The van der Waals surface area contributed by atoms with E-state index in [0.29, 0.717) is 6.54 Å². The van der Waals surface area contributed by atoms with Crippen LogP contribution < -0.4 is 10.2 Å². The van der Waals surface area contributed by atoms with Gasteiger partial charge in [-0.25, -0.2) is 0 Å². The molecule has 0 unspecified atom stereocenters. The van der Waals surface area contributed by atoms with E-state index in [1.54, 1.807) is 0 Å². The van der Waals surface area contributed by atoms with Crippen molar-refractivity contribution in [2.24, 2.45) is 0 Å². The van der Waals surface area contributed by atoms with Crippen molar-refractivity contribution in [1.82, 2.24) is 10.2 Å². The summed E-state index contributed by atoms with van der Waals surface area (Å²) >= 11 is 5.95. The summed E-state index contributed by atoms with van der Waals surface area (Å²) in [5, 5.41) is 3.77. The molecule has 2 aromatic rings. The molecule has 0 atom stereocenters. The second-order valence-corrected chi connectivity index (χ2v) is 6.72. The average molecular weight is 358 g/mol. The average Bonchev–Trinajstić information content (AvgIpc) is 2.67. The normalized spacial score (nSPS) is 15.2. The fourth-order valence-corrected chi connectivity index (χ4v) is 3.20. The molecule has 1 heterocycles. The molecule has 1 saturated heterocycles. The molecule has 0 spiro atoms. The molecule has 1 amide bonds. The zero-order chi connectivity index (χ0) is 17.5. The molecule has 0 aliphatic carbocycles. The van der Waals surface area contributed by atoms with Crippen molar-refractivity contribution >= 4 is 23.2 Å². The van der Waals surface area contributed by atoms with Crippen molar-refractivity contribution < 1.29 is 4.79 Å². The molecule has 132 valence electrons. The number of nitrogens with zero attached hydrogens (tertiary/aromatic N) is 2. The summed E-state index contributed by atoms with van der Waals surface area (Å²) in [5.74, 6) is 0.00755. The number of hydrogen-bond acceptors (Lipinski definition) is 3. The molecular formula is C20H24ClN3O. The zero-order valence-electron chi connectivity index (χ0n) is 14.3. The SMILES string of the molecule is O=C(NCCCN1CCN(c2ccc(Cl)cc2)CC1)c1ccccc1. The number of benzene rings is 2. The molecule has 5 heteroatoms. The quantitative estimate of drug-likeness (QED) is 0.806. The van der Waals surface area contributed by atoms with Gasteiger partial charge < -0.3 is 10.2 Å². The maximum absolute atomic E-state index is 12.0. The Hall–Kier alpha value is -2.04. The van der Waals surface area contributed by atoms with Gasteiger partial charge in [-0.1, -0.05) is 29.8 Å². The molecule has 1 aliphatic heterocycles. The zero-order valence-corrected chi connectivity index (χ0v) is 15.1. The first kappa shape index (κ1) is 17.8. The van der Waals surface area contributed by atoms with Crippen LogP contribution in [0, 0.1) is 0 Å². The number of anilines is 1. The summed E-state index contributed by atoms with van der Waals surface area (Å²) in [6.45, 7) is 5.88. The van der Waals surface area contributed by atoms with E-state index in [2.05, 4.69) is 27.2 Å². The Kier molecular flexibility index (Phi) is 6.31. The summed E-state index contributed by atoms with van der Waals surface area (Å²) in [4.78, 5) is 16.8. The highest BCUT2D eigenvalue weighted by molar-refractivity contribution is 6.30. The van der Waals surface area contributed by atoms with Gasteiger partial charge in [0.25, 0.3) is 5.91 Å². The Labute approximate surface area is 154 Å². The predicted octanol–water partition coefficient (Wildman–Crippen LogP) is 3.28. The lowest BCUT2D eigenvalue weighted by atomic mass is 10.2. The molecule has 25 heavy (non-hydrogen) atoms. The van der Waals surface area contributed by atoms with Crippen LogP contribution in [-0.4, -0.2) is 50.1 Å². The van der Waals surface area contributed by atoms with E-state index in [1.165, 1.54) is 5.69 Å². The van der Waals surface area contributed by atoms with E-state index in [0.717, 1.165) is 49.7 Å². The molecule has 2 aromatic carbocycles. The van der Waals surface area contributed by atoms with E-state index in [9.17, 15) is 4.79 Å². The summed E-state index contributed by atoms with van der Waals surface area (Å²) < 4.78 is 0. The Bertz CT molecular complexity index is 667. The Morgan fingerprint density at radius 3 is 2.32 bits per heavy atom. The maximum atomic E-state index is 12.0. The molecule has 0 aromatic heterocycles. The van der Waals surface area contributed by atoms with E-state index in [1.807, 2.05) is 42.5 Å². The minimum absolute atomic E-state index is 0.00755. The maximum Gasteiger partial charge on any atom is 0.251 e. The highest BCUT2D eigenvalue weighted by atomic mass is 35.5. The van der Waals surface area contributed by atoms with Crippen LogP contribution in [0.2, 0.25) is 5.02 Å². The van der Waals surface area contributed by atoms with Gasteiger partial charge in [-0.3, -0.25) is 9.69 Å². The molecule has 0 bridgehead atoms. The Morgan fingerprint density at radius 2 is 1.64 bits per heavy atom. The van der Waals surface area contributed by atoms with Crippen molar-refractivity contribution in [2.75, 3.05) is 44.2 Å². The van der Waals surface area contributed by atoms with Gasteiger partial charge >= 0.3 is 0 Å². The van der Waals surface area contributed by atoms with Crippen LogP contribution in [0.5, 0.6) is 0 Å². The first-order chi connectivity index (χ1) is 12.2. The van der Waals surface area contributed by atoms with Crippen LogP contribution in [0.1, 0.15) is 16.8 Å². The molecule has 1 fully saturated rings. The largest absolute Gasteiger partial charge is 0.369 e. The summed E-state index contributed by atoms with van der Waals surface area (Å²) in [5.41, 5.74) is 1.96. The smallest absolute Gasteiger partial charge is 0.251 e. The highest BCUT2D eigenvalue weighted by Gasteiger charge is 2.16. The number of nitrogens with one attached hydrogen (secondary N) is 1. The van der Waals surface area contributed by atoms with Gasteiger partial charge in [0.15, 0.2) is 0 Å². The fraction of sp³-hybridized carbons (Fsp3) is 0.350. The monoisotopic (exact) mass is 357 g/mol. The summed E-state index contributed by atoms with van der Waals surface area (Å²) in [6.07, 6.45) is 0.972. The van der Waals surface area contributed by atoms with Crippen LogP contribution in [0.25, 0.3) is 0 Å². The number of rotatable bonds is 6. The van der Waals surface area contributed by atoms with Gasteiger partial charge in [0.05, 0.1) is 0 Å². The predicted molar refractivity (Wildman–Crippen MR) is 103 cm³/mol. The second kappa shape index (κ2) is 8.88. The third-order valence-electron chi connectivity index (χ3n) is 4.54. The van der Waals surface area contributed by atoms with E-state index in [-0.39, 0.29) is 5.91 Å². The standard InChI is InChI=1S/C20H24ClN3O/c21-18-7-9-19(10-8-18)24-15-13-23(14-16-24)12-4-11-22-20(25)17-5-2-1-3-6-17/h1-3,5-10H,4,11-16H2,(H,22,25). The van der Waals surface area contributed by atoms with Crippen molar-refractivity contribution in [1.29, 1.82) is 0 Å². The molecule has 0 radical (unpaired) electrons. The molecule has 1 aliphatic rings. The first-order valence-corrected chi connectivity index (χ1v) is 9.16. The number of carbonyl (C=O) groups excluding carboxylic acids is 1. The minimum Gasteiger partial charge on any atom is -0.369 e. The van der Waals surface area contributed by atoms with Gasteiger partial charge in [0.1, 0.15) is 0 Å². The lowest BCUT2D eigenvalue weighted by Crippen LogP contribution is -2.47. The summed E-state index contributed by atoms with van der Waals surface area (Å²) in [7, 11) is 0.